The number of carbonyl (C=O) groups excluding carboxylic acids is 1. The topological polar surface area (TPSA) is 42.4 Å². The zero-order valence-electron chi connectivity index (χ0n) is 18.6. The molecule has 0 radical (unpaired) electrons. The van der Waals surface area contributed by atoms with Gasteiger partial charge in [-0.2, -0.15) is 0 Å². The van der Waals surface area contributed by atoms with E-state index in [1.807, 2.05) is 17.0 Å². The van der Waals surface area contributed by atoms with Gasteiger partial charge < -0.3 is 9.33 Å². The Morgan fingerprint density at radius 1 is 1.23 bits per heavy atom. The third kappa shape index (κ3) is 4.08. The van der Waals surface area contributed by atoms with Gasteiger partial charge in [-0.3, -0.25) is 4.79 Å². The Balaban J connectivity index is 1.61. The van der Waals surface area contributed by atoms with E-state index >= 15 is 4.39 Å². The average molecular weight is 427 g/mol. The second kappa shape index (κ2) is 7.57. The SMILES string of the molecule is CC(C)(C)[Si](C)(C)OCc1cccc(-c2cnc(N3CC(=O)C3)c(C3CC3)c2)c1F. The minimum Gasteiger partial charge on any atom is -0.412 e. The molecule has 1 aromatic carbocycles. The van der Waals surface area contributed by atoms with Crippen LogP contribution in [0.1, 0.15) is 50.7 Å². The first kappa shape index (κ1) is 21.2. The molecule has 160 valence electrons. The first-order valence-electron chi connectivity index (χ1n) is 10.7. The number of rotatable bonds is 6. The molecule has 6 heteroatoms. The van der Waals surface area contributed by atoms with Gasteiger partial charge in [0.05, 0.1) is 19.7 Å². The summed E-state index contributed by atoms with van der Waals surface area (Å²) < 4.78 is 21.7. The Hall–Kier alpha value is -2.05. The molecule has 4 rings (SSSR count). The van der Waals surface area contributed by atoms with Crippen molar-refractivity contribution in [2.45, 2.75) is 64.3 Å². The zero-order valence-corrected chi connectivity index (χ0v) is 19.6. The predicted molar refractivity (Wildman–Crippen MR) is 121 cm³/mol. The maximum atomic E-state index is 15.4. The number of nitrogens with zero attached hydrogens (tertiary/aromatic N) is 2. The van der Waals surface area contributed by atoms with Crippen LogP contribution in [-0.2, 0) is 15.8 Å². The molecule has 1 saturated heterocycles. The van der Waals surface area contributed by atoms with Crippen molar-refractivity contribution < 1.29 is 13.6 Å². The van der Waals surface area contributed by atoms with E-state index in [0.717, 1.165) is 29.8 Å². The third-order valence-corrected chi connectivity index (χ3v) is 11.2. The van der Waals surface area contributed by atoms with Crippen LogP contribution in [0.2, 0.25) is 18.1 Å². The molecule has 1 aromatic heterocycles. The highest BCUT2D eigenvalue weighted by atomic mass is 28.4. The van der Waals surface area contributed by atoms with Crippen molar-refractivity contribution in [1.29, 1.82) is 0 Å². The van der Waals surface area contributed by atoms with Crippen LogP contribution in [-0.4, -0.2) is 32.2 Å². The summed E-state index contributed by atoms with van der Waals surface area (Å²) in [5, 5.41) is 0.0816. The minimum absolute atomic E-state index is 0.0816. The molecule has 2 aliphatic rings. The Morgan fingerprint density at radius 3 is 2.53 bits per heavy atom. The lowest BCUT2D eigenvalue weighted by Gasteiger charge is -2.36. The van der Waals surface area contributed by atoms with Gasteiger partial charge in [-0.1, -0.05) is 39.0 Å². The summed E-state index contributed by atoms with van der Waals surface area (Å²) in [5.41, 5.74) is 3.08. The van der Waals surface area contributed by atoms with Crippen LogP contribution < -0.4 is 4.90 Å². The fourth-order valence-electron chi connectivity index (χ4n) is 3.50. The van der Waals surface area contributed by atoms with E-state index in [1.54, 1.807) is 12.3 Å². The van der Waals surface area contributed by atoms with E-state index in [0.29, 0.717) is 30.1 Å². The standard InChI is InChI=1S/C24H31FN2O2Si/c1-24(2,3)30(4,5)29-15-17-7-6-8-20(22(17)25)18-11-21(16-9-10-16)23(26-12-18)27-13-19(28)14-27/h6-8,11-12,16H,9-10,13-15H2,1-5H3. The van der Waals surface area contributed by atoms with Gasteiger partial charge in [0.25, 0.3) is 0 Å². The molecule has 2 fully saturated rings. The van der Waals surface area contributed by atoms with Crippen LogP contribution in [0, 0.1) is 5.82 Å². The number of benzene rings is 1. The molecule has 1 aliphatic carbocycles. The van der Waals surface area contributed by atoms with E-state index in [4.69, 9.17) is 4.43 Å². The van der Waals surface area contributed by atoms with Crippen molar-refractivity contribution in [2.24, 2.45) is 0 Å². The Morgan fingerprint density at radius 2 is 1.93 bits per heavy atom. The molecule has 2 heterocycles. The summed E-state index contributed by atoms with van der Waals surface area (Å²) in [6.45, 7) is 12.1. The van der Waals surface area contributed by atoms with Gasteiger partial charge in [-0.15, -0.1) is 0 Å². The van der Waals surface area contributed by atoms with Crippen molar-refractivity contribution in [3.63, 3.8) is 0 Å². The Labute approximate surface area is 179 Å². The largest absolute Gasteiger partial charge is 0.412 e. The number of carbonyl (C=O) groups is 1. The number of ketones is 1. The van der Waals surface area contributed by atoms with E-state index in [-0.39, 0.29) is 23.2 Å². The molecule has 0 amide bonds. The maximum absolute atomic E-state index is 15.4. The van der Waals surface area contributed by atoms with E-state index in [2.05, 4.69) is 44.9 Å². The molecule has 0 N–H and O–H groups in total. The number of aromatic nitrogens is 1. The molecule has 0 bridgehead atoms. The lowest BCUT2D eigenvalue weighted by atomic mass is 10.00. The third-order valence-electron chi connectivity index (χ3n) is 6.73. The van der Waals surface area contributed by atoms with Gasteiger partial charge in [-0.05, 0) is 48.5 Å². The van der Waals surface area contributed by atoms with Gasteiger partial charge >= 0.3 is 0 Å². The highest BCUT2D eigenvalue weighted by molar-refractivity contribution is 6.74. The fourth-order valence-corrected chi connectivity index (χ4v) is 4.45. The quantitative estimate of drug-likeness (QED) is 0.558. The predicted octanol–water partition coefficient (Wildman–Crippen LogP) is 5.68. The summed E-state index contributed by atoms with van der Waals surface area (Å²) in [6, 6.07) is 7.58. The van der Waals surface area contributed by atoms with Crippen LogP contribution in [0.3, 0.4) is 0 Å². The molecule has 0 spiro atoms. The second-order valence-electron chi connectivity index (χ2n) is 10.1. The second-order valence-corrected chi connectivity index (χ2v) is 14.9. The fraction of sp³-hybridized carbons (Fsp3) is 0.500. The maximum Gasteiger partial charge on any atom is 0.192 e. The molecular weight excluding hydrogens is 395 g/mol. The molecule has 2 aromatic rings. The van der Waals surface area contributed by atoms with Crippen LogP contribution in [0.25, 0.3) is 11.1 Å². The molecule has 0 unspecified atom stereocenters. The van der Waals surface area contributed by atoms with E-state index in [1.165, 1.54) is 0 Å². The highest BCUT2D eigenvalue weighted by Gasteiger charge is 2.37. The van der Waals surface area contributed by atoms with Crippen molar-refractivity contribution in [2.75, 3.05) is 18.0 Å². The van der Waals surface area contributed by atoms with Crippen molar-refractivity contribution >= 4 is 19.9 Å². The first-order chi connectivity index (χ1) is 14.1. The van der Waals surface area contributed by atoms with Gasteiger partial charge in [0.1, 0.15) is 11.6 Å². The number of hydrogen-bond acceptors (Lipinski definition) is 4. The lowest BCUT2D eigenvalue weighted by molar-refractivity contribution is -0.119. The lowest BCUT2D eigenvalue weighted by Crippen LogP contribution is -2.48. The van der Waals surface area contributed by atoms with Crippen LogP contribution >= 0.6 is 0 Å². The number of Topliss-reactive ketones (excluding diaryl/α,β-unsaturated/α-hetero) is 1. The summed E-state index contributed by atoms with van der Waals surface area (Å²) >= 11 is 0. The smallest absolute Gasteiger partial charge is 0.192 e. The Bertz CT molecular complexity index is 972. The van der Waals surface area contributed by atoms with Gasteiger partial charge in [0.15, 0.2) is 14.1 Å². The minimum atomic E-state index is -1.96. The zero-order chi connectivity index (χ0) is 21.7. The molecule has 1 saturated carbocycles. The number of hydrogen-bond donors (Lipinski definition) is 0. The number of anilines is 1. The summed E-state index contributed by atoms with van der Waals surface area (Å²) in [5.74, 6) is 1.37. The molecule has 30 heavy (non-hydrogen) atoms. The van der Waals surface area contributed by atoms with Crippen molar-refractivity contribution in [1.82, 2.24) is 4.98 Å². The summed E-state index contributed by atoms with van der Waals surface area (Å²) in [4.78, 5) is 18.1. The summed E-state index contributed by atoms with van der Waals surface area (Å²) in [6.07, 6.45) is 3.99. The van der Waals surface area contributed by atoms with Crippen molar-refractivity contribution in [3.8, 4) is 11.1 Å². The van der Waals surface area contributed by atoms with E-state index in [9.17, 15) is 4.79 Å². The van der Waals surface area contributed by atoms with Crippen molar-refractivity contribution in [3.05, 3.63) is 47.4 Å². The van der Waals surface area contributed by atoms with Crippen LogP contribution in [0.4, 0.5) is 10.2 Å². The molecule has 4 nitrogen and oxygen atoms in total. The average Bonchev–Trinajstić information content (AvgIpc) is 3.49. The Kier molecular flexibility index (Phi) is 5.35. The number of pyridine rings is 1. The summed E-state index contributed by atoms with van der Waals surface area (Å²) in [7, 11) is -1.96. The van der Waals surface area contributed by atoms with Crippen LogP contribution in [0.5, 0.6) is 0 Å². The molecular formula is C24H31FN2O2Si. The normalized spacial score (nSPS) is 17.3. The van der Waals surface area contributed by atoms with Gasteiger partial charge in [-0.25, -0.2) is 9.37 Å². The van der Waals surface area contributed by atoms with E-state index < -0.39 is 8.32 Å². The monoisotopic (exact) mass is 426 g/mol. The van der Waals surface area contributed by atoms with Crippen LogP contribution in [0.15, 0.2) is 30.5 Å². The highest BCUT2D eigenvalue weighted by Crippen LogP contribution is 2.45. The molecule has 1 aliphatic heterocycles. The molecule has 0 atom stereocenters. The van der Waals surface area contributed by atoms with Gasteiger partial charge in [0, 0.05) is 22.9 Å². The number of halogens is 1. The first-order valence-corrected chi connectivity index (χ1v) is 13.7. The van der Waals surface area contributed by atoms with Gasteiger partial charge in [0.2, 0.25) is 0 Å².